The molecule has 5 rings (SSSR count). The molecule has 2 unspecified atom stereocenters. The number of pyridine rings is 1. The van der Waals surface area contributed by atoms with Gasteiger partial charge < -0.3 is 4.90 Å². The molecule has 1 aliphatic heterocycles. The van der Waals surface area contributed by atoms with Crippen molar-refractivity contribution in [1.29, 1.82) is 0 Å². The van der Waals surface area contributed by atoms with Crippen LogP contribution in [-0.4, -0.2) is 38.7 Å². The zero-order valence-corrected chi connectivity index (χ0v) is 18.8. The van der Waals surface area contributed by atoms with Crippen LogP contribution in [0.5, 0.6) is 0 Å². The highest BCUT2D eigenvalue weighted by Gasteiger charge is 2.26. The van der Waals surface area contributed by atoms with E-state index in [0.717, 1.165) is 42.5 Å². The molecular formula is C26H28N4O2. The summed E-state index contributed by atoms with van der Waals surface area (Å²) in [5.74, 6) is 1.04. The first-order chi connectivity index (χ1) is 15.4. The summed E-state index contributed by atoms with van der Waals surface area (Å²) in [4.78, 5) is 32.8. The first-order valence-electron chi connectivity index (χ1n) is 11.4. The van der Waals surface area contributed by atoms with Crippen molar-refractivity contribution in [1.82, 2.24) is 19.7 Å². The maximum atomic E-state index is 13.3. The predicted molar refractivity (Wildman–Crippen MR) is 127 cm³/mol. The summed E-state index contributed by atoms with van der Waals surface area (Å²) >= 11 is 0. The van der Waals surface area contributed by atoms with Crippen LogP contribution in [0.2, 0.25) is 0 Å². The molecule has 2 aromatic heterocycles. The van der Waals surface area contributed by atoms with E-state index < -0.39 is 0 Å². The van der Waals surface area contributed by atoms with Crippen molar-refractivity contribution in [2.75, 3.05) is 13.1 Å². The summed E-state index contributed by atoms with van der Waals surface area (Å²) in [6, 6.07) is 13.5. The Balaban J connectivity index is 1.59. The fraction of sp³-hybridized carbons (Fsp3) is 0.346. The topological polar surface area (TPSA) is 71.0 Å². The van der Waals surface area contributed by atoms with Gasteiger partial charge in [0.15, 0.2) is 0 Å². The largest absolute Gasteiger partial charge is 0.338 e. The molecule has 0 bridgehead atoms. The maximum Gasteiger partial charge on any atom is 0.280 e. The number of likely N-dealkylation sites (tertiary alicyclic amines) is 1. The number of aryl methyl sites for hydroxylation is 1. The van der Waals surface area contributed by atoms with Crippen LogP contribution in [-0.2, 0) is 6.42 Å². The fourth-order valence-electron chi connectivity index (χ4n) is 4.97. The van der Waals surface area contributed by atoms with Crippen molar-refractivity contribution < 1.29 is 4.79 Å². The van der Waals surface area contributed by atoms with Crippen LogP contribution in [0.1, 0.15) is 43.1 Å². The fourth-order valence-corrected chi connectivity index (χ4v) is 4.97. The highest BCUT2D eigenvalue weighted by Crippen LogP contribution is 2.26. The summed E-state index contributed by atoms with van der Waals surface area (Å²) in [7, 11) is 0. The molecule has 3 heterocycles. The van der Waals surface area contributed by atoms with E-state index in [9.17, 15) is 9.59 Å². The number of H-pyrrole nitrogens is 1. The van der Waals surface area contributed by atoms with Crippen molar-refractivity contribution >= 4 is 27.7 Å². The van der Waals surface area contributed by atoms with Gasteiger partial charge in [0.25, 0.3) is 11.5 Å². The Kier molecular flexibility index (Phi) is 5.08. The summed E-state index contributed by atoms with van der Waals surface area (Å²) in [6.45, 7) is 8.07. The Morgan fingerprint density at radius 3 is 2.47 bits per heavy atom. The zero-order valence-electron chi connectivity index (χ0n) is 18.8. The molecule has 0 radical (unpaired) electrons. The summed E-state index contributed by atoms with van der Waals surface area (Å²) in [5.41, 5.74) is 3.94. The van der Waals surface area contributed by atoms with Crippen molar-refractivity contribution in [3.05, 3.63) is 70.1 Å². The number of aromatic nitrogens is 3. The third-order valence-corrected chi connectivity index (χ3v) is 6.53. The number of aromatic amines is 1. The highest BCUT2D eigenvalue weighted by atomic mass is 16.2. The van der Waals surface area contributed by atoms with Gasteiger partial charge in [-0.15, -0.1) is 0 Å². The van der Waals surface area contributed by atoms with Crippen LogP contribution in [0.3, 0.4) is 0 Å². The summed E-state index contributed by atoms with van der Waals surface area (Å²) in [6.07, 6.45) is 3.71. The number of carbonyl (C=O) groups is 1. The molecular weight excluding hydrogens is 400 g/mol. The molecule has 4 aromatic rings. The minimum atomic E-state index is -0.144. The number of hydrogen-bond donors (Lipinski definition) is 1. The van der Waals surface area contributed by atoms with Crippen LogP contribution in [0.15, 0.2) is 53.5 Å². The first-order valence-corrected chi connectivity index (χ1v) is 11.4. The molecule has 6 nitrogen and oxygen atoms in total. The van der Waals surface area contributed by atoms with Gasteiger partial charge in [-0.25, -0.2) is 4.68 Å². The van der Waals surface area contributed by atoms with Crippen molar-refractivity contribution in [3.8, 4) is 5.69 Å². The third-order valence-electron chi connectivity index (χ3n) is 6.53. The van der Waals surface area contributed by atoms with Crippen LogP contribution in [0.25, 0.3) is 27.5 Å². The van der Waals surface area contributed by atoms with Crippen LogP contribution >= 0.6 is 0 Å². The van der Waals surface area contributed by atoms with Gasteiger partial charge in [-0.05, 0) is 60.6 Å². The SMILES string of the molecule is CCc1ccc(-n2[nH]c3c(cnc4ccc(C(=O)N5CC(C)CC(C)C5)cc43)c2=O)cc1. The molecule has 1 amide bonds. The quantitative estimate of drug-likeness (QED) is 0.520. The normalized spacial score (nSPS) is 19.0. The number of amides is 1. The summed E-state index contributed by atoms with van der Waals surface area (Å²) in [5, 5.41) is 4.56. The van der Waals surface area contributed by atoms with E-state index in [1.165, 1.54) is 5.56 Å². The number of piperidine rings is 1. The van der Waals surface area contributed by atoms with Gasteiger partial charge >= 0.3 is 0 Å². The average Bonchev–Trinajstić information content (AvgIpc) is 3.14. The van der Waals surface area contributed by atoms with Gasteiger partial charge in [-0.2, -0.15) is 0 Å². The van der Waals surface area contributed by atoms with Gasteiger partial charge in [0.1, 0.15) is 0 Å². The molecule has 164 valence electrons. The van der Waals surface area contributed by atoms with E-state index in [-0.39, 0.29) is 11.5 Å². The molecule has 1 fully saturated rings. The molecule has 6 heteroatoms. The van der Waals surface area contributed by atoms with Crippen molar-refractivity contribution in [2.45, 2.75) is 33.6 Å². The standard InChI is InChI=1S/C26H28N4O2/c1-4-18-5-8-20(9-6-18)30-26(32)22-13-27-23-10-7-19(12-21(23)24(22)28-30)25(31)29-14-16(2)11-17(3)15-29/h5-10,12-13,16-17,28H,4,11,14-15H2,1-3H3. The molecule has 0 aliphatic carbocycles. The van der Waals surface area contributed by atoms with E-state index in [4.69, 9.17) is 0 Å². The molecule has 2 aromatic carbocycles. The second-order valence-corrected chi connectivity index (χ2v) is 9.21. The molecule has 2 atom stereocenters. The third kappa shape index (κ3) is 3.49. The lowest BCUT2D eigenvalue weighted by Gasteiger charge is -2.35. The number of hydrogen-bond acceptors (Lipinski definition) is 3. The van der Waals surface area contributed by atoms with Crippen LogP contribution in [0, 0.1) is 11.8 Å². The van der Waals surface area contributed by atoms with E-state index in [0.29, 0.717) is 28.3 Å². The molecule has 0 saturated carbocycles. The monoisotopic (exact) mass is 428 g/mol. The van der Waals surface area contributed by atoms with Gasteiger partial charge in [-0.3, -0.25) is 19.7 Å². The number of carbonyl (C=O) groups excluding carboxylic acids is 1. The van der Waals surface area contributed by atoms with E-state index in [1.807, 2.05) is 47.4 Å². The van der Waals surface area contributed by atoms with E-state index in [1.54, 1.807) is 10.9 Å². The van der Waals surface area contributed by atoms with Crippen LogP contribution < -0.4 is 5.56 Å². The van der Waals surface area contributed by atoms with E-state index >= 15 is 0 Å². The second-order valence-electron chi connectivity index (χ2n) is 9.21. The minimum absolute atomic E-state index is 0.0410. The average molecular weight is 429 g/mol. The molecule has 1 aliphatic rings. The summed E-state index contributed by atoms with van der Waals surface area (Å²) < 4.78 is 1.55. The van der Waals surface area contributed by atoms with Gasteiger partial charge in [0.2, 0.25) is 0 Å². The number of nitrogens with one attached hydrogen (secondary N) is 1. The minimum Gasteiger partial charge on any atom is -0.338 e. The highest BCUT2D eigenvalue weighted by molar-refractivity contribution is 6.06. The van der Waals surface area contributed by atoms with Gasteiger partial charge in [-0.1, -0.05) is 32.9 Å². The second kappa shape index (κ2) is 7.93. The van der Waals surface area contributed by atoms with Crippen molar-refractivity contribution in [2.24, 2.45) is 11.8 Å². The molecule has 1 N–H and O–H groups in total. The number of rotatable bonds is 3. The zero-order chi connectivity index (χ0) is 22.4. The Bertz CT molecular complexity index is 1360. The number of nitrogens with zero attached hydrogens (tertiary/aromatic N) is 3. The predicted octanol–water partition coefficient (Wildman–Crippen LogP) is 4.55. The lowest BCUT2D eigenvalue weighted by molar-refractivity contribution is 0.0623. The maximum absolute atomic E-state index is 13.3. The molecule has 0 spiro atoms. The Labute approximate surface area is 186 Å². The van der Waals surface area contributed by atoms with Gasteiger partial charge in [0.05, 0.1) is 22.1 Å². The first kappa shape index (κ1) is 20.5. The lowest BCUT2D eigenvalue weighted by Crippen LogP contribution is -2.42. The van der Waals surface area contributed by atoms with E-state index in [2.05, 4.69) is 30.9 Å². The molecule has 1 saturated heterocycles. The van der Waals surface area contributed by atoms with Gasteiger partial charge in [0, 0.05) is 30.2 Å². The Hall–Kier alpha value is -3.41. The Morgan fingerprint density at radius 1 is 1.06 bits per heavy atom. The number of fused-ring (bicyclic) bond motifs is 3. The Morgan fingerprint density at radius 2 is 1.78 bits per heavy atom. The smallest absolute Gasteiger partial charge is 0.280 e. The lowest BCUT2D eigenvalue weighted by atomic mass is 9.91. The molecule has 32 heavy (non-hydrogen) atoms. The van der Waals surface area contributed by atoms with Crippen LogP contribution in [0.4, 0.5) is 0 Å². The van der Waals surface area contributed by atoms with Crippen molar-refractivity contribution in [3.63, 3.8) is 0 Å². The number of benzene rings is 2.